The van der Waals surface area contributed by atoms with Gasteiger partial charge in [-0.05, 0) is 69.2 Å². The molecule has 0 radical (unpaired) electrons. The second-order valence-corrected chi connectivity index (χ2v) is 14.8. The summed E-state index contributed by atoms with van der Waals surface area (Å²) in [5.41, 5.74) is 0.186. The van der Waals surface area contributed by atoms with Crippen molar-refractivity contribution in [1.82, 2.24) is 4.98 Å². The first-order chi connectivity index (χ1) is 13.2. The van der Waals surface area contributed by atoms with E-state index in [2.05, 4.69) is 38.8 Å². The van der Waals surface area contributed by atoms with Crippen molar-refractivity contribution >= 4 is 36.8 Å². The van der Waals surface area contributed by atoms with Crippen molar-refractivity contribution in [3.63, 3.8) is 0 Å². The van der Waals surface area contributed by atoms with Crippen LogP contribution in [0.4, 0.5) is 0 Å². The Labute approximate surface area is 179 Å². The van der Waals surface area contributed by atoms with Gasteiger partial charge in [-0.1, -0.05) is 32.4 Å². The van der Waals surface area contributed by atoms with Crippen LogP contribution in [0.15, 0.2) is 30.3 Å². The van der Waals surface area contributed by atoms with Gasteiger partial charge in [0, 0.05) is 5.39 Å². The Bertz CT molecular complexity index is 871. The Kier molecular flexibility index (Phi) is 7.03. The highest BCUT2D eigenvalue weighted by Crippen LogP contribution is 2.37. The van der Waals surface area contributed by atoms with Gasteiger partial charge in [0.05, 0.1) is 5.52 Å². The van der Waals surface area contributed by atoms with E-state index in [4.69, 9.17) is 25.5 Å². The van der Waals surface area contributed by atoms with E-state index in [0.29, 0.717) is 10.9 Å². The number of ether oxygens (including phenoxy) is 2. The third-order valence-electron chi connectivity index (χ3n) is 4.94. The van der Waals surface area contributed by atoms with Crippen LogP contribution in [-0.4, -0.2) is 37.6 Å². The molecular formula is C22H32ClNO4Si. The highest BCUT2D eigenvalue weighted by atomic mass is 35.5. The number of esters is 1. The van der Waals surface area contributed by atoms with Crippen LogP contribution < -0.4 is 4.74 Å². The summed E-state index contributed by atoms with van der Waals surface area (Å²) in [6.07, 6.45) is -0.797. The molecule has 160 valence electrons. The highest BCUT2D eigenvalue weighted by molar-refractivity contribution is 6.74. The first-order valence-corrected chi connectivity index (χ1v) is 13.1. The molecule has 1 atom stereocenters. The molecule has 0 aliphatic heterocycles. The van der Waals surface area contributed by atoms with Crippen molar-refractivity contribution in [3.8, 4) is 5.75 Å². The molecule has 0 bridgehead atoms. The average molecular weight is 438 g/mol. The second kappa shape index (κ2) is 8.62. The van der Waals surface area contributed by atoms with Gasteiger partial charge in [-0.15, -0.1) is 0 Å². The largest absolute Gasteiger partial charge is 0.490 e. The monoisotopic (exact) mass is 437 g/mol. The molecule has 2 rings (SSSR count). The molecule has 0 fully saturated rings. The van der Waals surface area contributed by atoms with Crippen LogP contribution in [0.1, 0.15) is 41.5 Å². The number of fused-ring (bicyclic) bond motifs is 1. The second-order valence-electron chi connectivity index (χ2n) is 9.70. The predicted molar refractivity (Wildman–Crippen MR) is 120 cm³/mol. The molecule has 0 aliphatic rings. The minimum atomic E-state index is -2.20. The number of hydrogen-bond acceptors (Lipinski definition) is 5. The van der Waals surface area contributed by atoms with Crippen LogP contribution in [0, 0.1) is 0 Å². The van der Waals surface area contributed by atoms with Gasteiger partial charge < -0.3 is 13.9 Å². The van der Waals surface area contributed by atoms with E-state index in [1.807, 2.05) is 45.0 Å². The number of halogens is 1. The zero-order valence-electron chi connectivity index (χ0n) is 18.6. The molecular weight excluding hydrogens is 406 g/mol. The van der Waals surface area contributed by atoms with E-state index in [1.54, 1.807) is 6.07 Å². The summed E-state index contributed by atoms with van der Waals surface area (Å²) in [6, 6.07) is 9.14. The van der Waals surface area contributed by atoms with Crippen molar-refractivity contribution in [1.29, 1.82) is 0 Å². The lowest BCUT2D eigenvalue weighted by atomic mass is 10.2. The summed E-state index contributed by atoms with van der Waals surface area (Å²) in [5, 5.41) is 1.31. The maximum absolute atomic E-state index is 12.8. The number of nitrogens with zero attached hydrogens (tertiary/aromatic N) is 1. The molecule has 0 aliphatic carbocycles. The molecule has 2 aromatic rings. The van der Waals surface area contributed by atoms with E-state index in [0.717, 1.165) is 10.9 Å². The number of carbonyl (C=O) groups is 1. The fourth-order valence-electron chi connectivity index (χ4n) is 2.39. The Hall–Kier alpha value is -1.63. The van der Waals surface area contributed by atoms with Crippen LogP contribution in [0.25, 0.3) is 10.9 Å². The first-order valence-electron chi connectivity index (χ1n) is 9.78. The summed E-state index contributed by atoms with van der Waals surface area (Å²) >= 11 is 5.94. The third-order valence-corrected chi connectivity index (χ3v) is 9.64. The number of benzene rings is 1. The van der Waals surface area contributed by atoms with Crippen LogP contribution in [-0.2, 0) is 14.0 Å². The topological polar surface area (TPSA) is 57.7 Å². The summed E-state index contributed by atoms with van der Waals surface area (Å²) in [4.78, 5) is 17.1. The number of pyridine rings is 1. The molecule has 5 nitrogen and oxygen atoms in total. The molecule has 0 spiro atoms. The predicted octanol–water partition coefficient (Wildman–Crippen LogP) is 6.00. The Morgan fingerprint density at radius 3 is 2.34 bits per heavy atom. The van der Waals surface area contributed by atoms with Crippen LogP contribution in [0.5, 0.6) is 5.75 Å². The van der Waals surface area contributed by atoms with Gasteiger partial charge in [-0.25, -0.2) is 9.78 Å². The summed E-state index contributed by atoms with van der Waals surface area (Å²) in [6.45, 7) is 16.2. The summed E-state index contributed by atoms with van der Waals surface area (Å²) in [7, 11) is -2.20. The Morgan fingerprint density at radius 2 is 1.76 bits per heavy atom. The molecule has 1 aromatic heterocycles. The Balaban J connectivity index is 2.20. The zero-order valence-corrected chi connectivity index (χ0v) is 20.4. The number of aromatic nitrogens is 1. The van der Waals surface area contributed by atoms with E-state index in [-0.39, 0.29) is 11.6 Å². The lowest BCUT2D eigenvalue weighted by molar-refractivity contribution is -0.165. The van der Waals surface area contributed by atoms with Crippen LogP contribution in [0.2, 0.25) is 23.3 Å². The minimum absolute atomic E-state index is 0.0405. The fraction of sp³-hybridized carbons (Fsp3) is 0.545. The molecule has 7 heteroatoms. The normalized spacial score (nSPS) is 14.0. The van der Waals surface area contributed by atoms with Crippen molar-refractivity contribution in [3.05, 3.63) is 35.5 Å². The van der Waals surface area contributed by atoms with Crippen molar-refractivity contribution in [2.45, 2.75) is 71.4 Å². The Morgan fingerprint density at radius 1 is 1.10 bits per heavy atom. The molecule has 1 heterocycles. The molecule has 0 saturated heterocycles. The van der Waals surface area contributed by atoms with E-state index in [9.17, 15) is 4.79 Å². The lowest BCUT2D eigenvalue weighted by Crippen LogP contribution is -2.49. The molecule has 0 saturated carbocycles. The van der Waals surface area contributed by atoms with Gasteiger partial charge in [-0.2, -0.15) is 0 Å². The fourth-order valence-corrected chi connectivity index (χ4v) is 3.77. The smallest absolute Gasteiger partial charge is 0.338 e. The maximum atomic E-state index is 12.8. The van der Waals surface area contributed by atoms with Crippen molar-refractivity contribution in [2.24, 2.45) is 0 Å². The van der Waals surface area contributed by atoms with E-state index < -0.39 is 26.0 Å². The number of rotatable bonds is 6. The summed E-state index contributed by atoms with van der Waals surface area (Å²) < 4.78 is 17.9. The number of hydrogen-bond donors (Lipinski definition) is 0. The van der Waals surface area contributed by atoms with Gasteiger partial charge in [0.25, 0.3) is 0 Å². The van der Waals surface area contributed by atoms with E-state index in [1.165, 1.54) is 0 Å². The SMILES string of the molecule is CC(C)(C)OC(=O)C(COc1ccc2nc(Cl)ccc2c1)O[Si](C)(C)C(C)(C)C. The zero-order chi connectivity index (χ0) is 22.0. The highest BCUT2D eigenvalue weighted by Gasteiger charge is 2.42. The maximum Gasteiger partial charge on any atom is 0.338 e. The van der Waals surface area contributed by atoms with Gasteiger partial charge in [0.1, 0.15) is 23.1 Å². The third kappa shape index (κ3) is 6.69. The molecule has 0 N–H and O–H groups in total. The van der Waals surface area contributed by atoms with Gasteiger partial charge in [0.2, 0.25) is 0 Å². The van der Waals surface area contributed by atoms with Gasteiger partial charge >= 0.3 is 5.97 Å². The van der Waals surface area contributed by atoms with Gasteiger partial charge in [-0.3, -0.25) is 0 Å². The number of carbonyl (C=O) groups excluding carboxylic acids is 1. The average Bonchev–Trinajstić information content (AvgIpc) is 2.55. The van der Waals surface area contributed by atoms with Gasteiger partial charge in [0.15, 0.2) is 14.4 Å². The first kappa shape index (κ1) is 23.6. The van der Waals surface area contributed by atoms with Crippen molar-refractivity contribution in [2.75, 3.05) is 6.61 Å². The quantitative estimate of drug-likeness (QED) is 0.315. The molecule has 1 unspecified atom stereocenters. The molecule has 29 heavy (non-hydrogen) atoms. The lowest BCUT2D eigenvalue weighted by Gasteiger charge is -2.39. The van der Waals surface area contributed by atoms with Crippen molar-refractivity contribution < 1.29 is 18.7 Å². The van der Waals surface area contributed by atoms with E-state index >= 15 is 0 Å². The van der Waals surface area contributed by atoms with Crippen LogP contribution in [0.3, 0.4) is 0 Å². The minimum Gasteiger partial charge on any atom is -0.490 e. The molecule has 1 aromatic carbocycles. The summed E-state index contributed by atoms with van der Waals surface area (Å²) in [5.74, 6) is 0.227. The standard InChI is InChI=1S/C22H32ClNO4Si/c1-21(2,3)27-20(25)18(28-29(7,8)22(4,5)6)14-26-16-10-11-17-15(13-16)9-12-19(23)24-17/h9-13,18H,14H2,1-8H3. The van der Waals surface area contributed by atoms with Crippen LogP contribution >= 0.6 is 11.6 Å². The molecule has 0 amide bonds.